The molecule has 0 spiro atoms. The van der Waals surface area contributed by atoms with E-state index in [1.165, 1.54) is 18.2 Å². The summed E-state index contributed by atoms with van der Waals surface area (Å²) >= 11 is 0. The zero-order chi connectivity index (χ0) is 24.9. The van der Waals surface area contributed by atoms with Crippen LogP contribution in [0.15, 0.2) is 78.9 Å². The number of aromatic nitrogens is 2. The van der Waals surface area contributed by atoms with Gasteiger partial charge in [-0.3, -0.25) is 4.79 Å². The van der Waals surface area contributed by atoms with Crippen LogP contribution in [0.2, 0.25) is 0 Å². The van der Waals surface area contributed by atoms with E-state index < -0.39 is 5.82 Å². The summed E-state index contributed by atoms with van der Waals surface area (Å²) in [6, 6.07) is 22.6. The maximum absolute atomic E-state index is 13.8. The third-order valence-electron chi connectivity index (χ3n) is 5.68. The normalized spacial score (nSPS) is 10.9. The summed E-state index contributed by atoms with van der Waals surface area (Å²) in [5.41, 5.74) is 2.61. The monoisotopic (exact) mass is 473 g/mol. The molecule has 35 heavy (non-hydrogen) atoms. The van der Waals surface area contributed by atoms with Crippen molar-refractivity contribution in [3.63, 3.8) is 0 Å². The summed E-state index contributed by atoms with van der Waals surface area (Å²) in [5.74, 6) is 1.03. The van der Waals surface area contributed by atoms with Crippen molar-refractivity contribution in [2.24, 2.45) is 0 Å². The number of ether oxygens (including phenoxy) is 2. The van der Waals surface area contributed by atoms with Gasteiger partial charge in [0.1, 0.15) is 17.3 Å². The third-order valence-corrected chi connectivity index (χ3v) is 5.68. The number of aryl methyl sites for hydroxylation is 1. The van der Waals surface area contributed by atoms with Crippen LogP contribution in [-0.4, -0.2) is 33.7 Å². The van der Waals surface area contributed by atoms with Crippen molar-refractivity contribution in [3.8, 4) is 23.1 Å². The highest BCUT2D eigenvalue weighted by atomic mass is 19.1. The third kappa shape index (κ3) is 5.35. The van der Waals surface area contributed by atoms with Gasteiger partial charge in [0.15, 0.2) is 0 Å². The number of carbonyl (C=O) groups is 1. The van der Waals surface area contributed by atoms with Crippen LogP contribution >= 0.6 is 0 Å². The maximum Gasteiger partial charge on any atom is 0.254 e. The van der Waals surface area contributed by atoms with Crippen molar-refractivity contribution < 1.29 is 18.7 Å². The number of hydrogen-bond donors (Lipinski definition) is 0. The number of halogens is 1. The van der Waals surface area contributed by atoms with Gasteiger partial charge in [-0.25, -0.2) is 9.07 Å². The number of para-hydroxylation sites is 1. The predicted octanol–water partition coefficient (Wildman–Crippen LogP) is 6.17. The minimum Gasteiger partial charge on any atom is -0.497 e. The second kappa shape index (κ2) is 10.4. The van der Waals surface area contributed by atoms with Gasteiger partial charge < -0.3 is 14.4 Å². The Balaban J connectivity index is 1.78. The molecular weight excluding hydrogens is 445 g/mol. The van der Waals surface area contributed by atoms with E-state index in [0.29, 0.717) is 22.9 Å². The number of benzene rings is 3. The first-order valence-corrected chi connectivity index (χ1v) is 11.4. The Morgan fingerprint density at radius 3 is 2.40 bits per heavy atom. The second-order valence-corrected chi connectivity index (χ2v) is 8.43. The smallest absolute Gasteiger partial charge is 0.254 e. The minimum absolute atomic E-state index is 0.144. The van der Waals surface area contributed by atoms with Crippen LogP contribution in [0.4, 0.5) is 4.39 Å². The Labute approximate surface area is 204 Å². The molecule has 1 heterocycles. The molecule has 1 amide bonds. The molecule has 4 aromatic rings. The van der Waals surface area contributed by atoms with Gasteiger partial charge in [-0.15, -0.1) is 0 Å². The van der Waals surface area contributed by atoms with Gasteiger partial charge in [0.05, 0.1) is 30.6 Å². The van der Waals surface area contributed by atoms with Crippen molar-refractivity contribution in [2.75, 3.05) is 7.11 Å². The molecular formula is C28H28FN3O3. The lowest BCUT2D eigenvalue weighted by atomic mass is 10.1. The van der Waals surface area contributed by atoms with Gasteiger partial charge in [0.2, 0.25) is 5.88 Å². The average molecular weight is 474 g/mol. The van der Waals surface area contributed by atoms with E-state index in [4.69, 9.17) is 14.6 Å². The molecule has 0 radical (unpaired) electrons. The Hall–Kier alpha value is -4.13. The summed E-state index contributed by atoms with van der Waals surface area (Å²) in [4.78, 5) is 15.0. The van der Waals surface area contributed by atoms with Crippen molar-refractivity contribution >= 4 is 5.91 Å². The molecule has 180 valence electrons. The van der Waals surface area contributed by atoms with Crippen molar-refractivity contribution in [2.45, 2.75) is 33.4 Å². The zero-order valence-electron chi connectivity index (χ0n) is 20.2. The standard InChI is InChI=1S/C28H28FN3O3/c1-19(2)31(27(33)21-10-8-11-22(29)16-21)18-26-20(3)30-32(23-12-6-5-7-13-23)28(26)35-25-15-9-14-24(17-25)34-4/h5-17,19H,18H2,1-4H3. The largest absolute Gasteiger partial charge is 0.497 e. The maximum atomic E-state index is 13.8. The lowest BCUT2D eigenvalue weighted by Crippen LogP contribution is -2.36. The number of nitrogens with zero attached hydrogens (tertiary/aromatic N) is 3. The molecule has 0 N–H and O–H groups in total. The molecule has 6 nitrogen and oxygen atoms in total. The Kier molecular flexibility index (Phi) is 7.15. The number of methoxy groups -OCH3 is 1. The summed E-state index contributed by atoms with van der Waals surface area (Å²) in [5, 5.41) is 4.74. The van der Waals surface area contributed by atoms with E-state index >= 15 is 0 Å². The average Bonchev–Trinajstić information content (AvgIpc) is 3.17. The van der Waals surface area contributed by atoms with E-state index in [9.17, 15) is 9.18 Å². The van der Waals surface area contributed by atoms with Crippen LogP contribution in [0.5, 0.6) is 17.4 Å². The van der Waals surface area contributed by atoms with Gasteiger partial charge in [-0.1, -0.05) is 30.3 Å². The molecule has 0 fully saturated rings. The SMILES string of the molecule is COc1cccc(Oc2c(CN(C(=O)c3cccc(F)c3)C(C)C)c(C)nn2-c2ccccc2)c1. The molecule has 0 saturated heterocycles. The lowest BCUT2D eigenvalue weighted by Gasteiger charge is -2.27. The predicted molar refractivity (Wildman–Crippen MR) is 133 cm³/mol. The molecule has 0 saturated carbocycles. The second-order valence-electron chi connectivity index (χ2n) is 8.43. The molecule has 0 atom stereocenters. The van der Waals surface area contributed by atoms with Crippen LogP contribution in [0.1, 0.15) is 35.5 Å². The summed E-state index contributed by atoms with van der Waals surface area (Å²) in [7, 11) is 1.60. The van der Waals surface area contributed by atoms with E-state index in [1.807, 2.05) is 69.3 Å². The van der Waals surface area contributed by atoms with E-state index in [0.717, 1.165) is 16.9 Å². The summed E-state index contributed by atoms with van der Waals surface area (Å²) < 4.78 is 27.3. The topological polar surface area (TPSA) is 56.6 Å². The van der Waals surface area contributed by atoms with Gasteiger partial charge in [-0.05, 0) is 63.2 Å². The van der Waals surface area contributed by atoms with Crippen molar-refractivity contribution in [3.05, 3.63) is 102 Å². The van der Waals surface area contributed by atoms with Crippen LogP contribution in [0, 0.1) is 12.7 Å². The van der Waals surface area contributed by atoms with Gasteiger partial charge in [-0.2, -0.15) is 5.10 Å². The quantitative estimate of drug-likeness (QED) is 0.307. The first-order valence-electron chi connectivity index (χ1n) is 11.4. The first kappa shape index (κ1) is 24.0. The number of carbonyl (C=O) groups excluding carboxylic acids is 1. The highest BCUT2D eigenvalue weighted by molar-refractivity contribution is 5.94. The molecule has 0 aliphatic carbocycles. The molecule has 4 rings (SSSR count). The highest BCUT2D eigenvalue weighted by Crippen LogP contribution is 2.33. The Morgan fingerprint density at radius 1 is 1.00 bits per heavy atom. The van der Waals surface area contributed by atoms with Crippen LogP contribution in [0.3, 0.4) is 0 Å². The number of amides is 1. The van der Waals surface area contributed by atoms with Crippen molar-refractivity contribution in [1.29, 1.82) is 0 Å². The fourth-order valence-electron chi connectivity index (χ4n) is 3.79. The molecule has 0 bridgehead atoms. The van der Waals surface area contributed by atoms with Gasteiger partial charge in [0, 0.05) is 17.7 Å². The molecule has 0 aliphatic heterocycles. The minimum atomic E-state index is -0.449. The molecule has 7 heteroatoms. The van der Waals surface area contributed by atoms with Crippen LogP contribution in [0.25, 0.3) is 5.69 Å². The number of rotatable bonds is 8. The first-order chi connectivity index (χ1) is 16.9. The molecule has 0 aliphatic rings. The Bertz CT molecular complexity index is 1320. The fourth-order valence-corrected chi connectivity index (χ4v) is 3.79. The van der Waals surface area contributed by atoms with Crippen LogP contribution in [-0.2, 0) is 6.54 Å². The molecule has 0 unspecified atom stereocenters. The van der Waals surface area contributed by atoms with Gasteiger partial charge in [0.25, 0.3) is 5.91 Å². The van der Waals surface area contributed by atoms with Crippen molar-refractivity contribution in [1.82, 2.24) is 14.7 Å². The summed E-state index contributed by atoms with van der Waals surface area (Å²) in [6.45, 7) is 5.98. The number of hydrogen-bond acceptors (Lipinski definition) is 4. The van der Waals surface area contributed by atoms with E-state index in [2.05, 4.69) is 0 Å². The Morgan fingerprint density at radius 2 is 1.71 bits per heavy atom. The summed E-state index contributed by atoms with van der Waals surface area (Å²) in [6.07, 6.45) is 0. The van der Waals surface area contributed by atoms with Crippen LogP contribution < -0.4 is 9.47 Å². The van der Waals surface area contributed by atoms with Gasteiger partial charge >= 0.3 is 0 Å². The highest BCUT2D eigenvalue weighted by Gasteiger charge is 2.26. The molecule has 1 aromatic heterocycles. The molecule has 3 aromatic carbocycles. The van der Waals surface area contributed by atoms with E-state index in [1.54, 1.807) is 28.8 Å². The van der Waals surface area contributed by atoms with E-state index in [-0.39, 0.29) is 18.5 Å². The lowest BCUT2D eigenvalue weighted by molar-refractivity contribution is 0.0688. The zero-order valence-corrected chi connectivity index (χ0v) is 20.2. The fraction of sp³-hybridized carbons (Fsp3) is 0.214.